The highest BCUT2D eigenvalue weighted by atomic mass is 32.1. The van der Waals surface area contributed by atoms with Crippen LogP contribution in [-0.2, 0) is 12.8 Å². The van der Waals surface area contributed by atoms with E-state index in [0.29, 0.717) is 10.6 Å². The molecule has 0 saturated heterocycles. The molecule has 1 amide bonds. The number of aromatic amines is 1. The number of rotatable bonds is 2. The normalized spacial score (nSPS) is 13.0. The number of hydrogen-bond donors (Lipinski definition) is 3. The van der Waals surface area contributed by atoms with Crippen molar-refractivity contribution in [3.8, 4) is 6.07 Å². The number of nitrogens with two attached hydrogens (primary N) is 1. The maximum atomic E-state index is 12.0. The lowest BCUT2D eigenvalue weighted by Gasteiger charge is -2.01. The quantitative estimate of drug-likeness (QED) is 0.773. The number of nitrogen functional groups attached to an aromatic ring is 1. The number of carbonyl (C=O) groups is 1. The standard InChI is InChI=1S/C12H11N5OS/c13-5-7-6-2-1-3-9(6)19-12(7)15-11(18)8-4-10(14)17-16-8/h4H,1-3H2,(H,15,18)(H3,14,16,17). The molecule has 6 nitrogen and oxygen atoms in total. The smallest absolute Gasteiger partial charge is 0.274 e. The molecule has 2 aromatic heterocycles. The maximum Gasteiger partial charge on any atom is 0.274 e. The molecule has 19 heavy (non-hydrogen) atoms. The van der Waals surface area contributed by atoms with Gasteiger partial charge in [0.1, 0.15) is 22.6 Å². The monoisotopic (exact) mass is 273 g/mol. The summed E-state index contributed by atoms with van der Waals surface area (Å²) in [5, 5.41) is 18.8. The molecule has 0 spiro atoms. The Morgan fingerprint density at radius 2 is 2.42 bits per heavy atom. The number of nitrogens with zero attached hydrogens (tertiary/aromatic N) is 2. The highest BCUT2D eigenvalue weighted by Gasteiger charge is 2.23. The molecular weight excluding hydrogens is 262 g/mol. The molecule has 2 heterocycles. The number of fused-ring (bicyclic) bond motifs is 1. The second kappa shape index (κ2) is 4.40. The van der Waals surface area contributed by atoms with Gasteiger partial charge in [-0.3, -0.25) is 9.89 Å². The molecule has 0 aromatic carbocycles. The van der Waals surface area contributed by atoms with Crippen LogP contribution in [0.15, 0.2) is 6.07 Å². The summed E-state index contributed by atoms with van der Waals surface area (Å²) < 4.78 is 0. The van der Waals surface area contributed by atoms with Gasteiger partial charge in [-0.2, -0.15) is 10.4 Å². The first-order valence-electron chi connectivity index (χ1n) is 5.86. The van der Waals surface area contributed by atoms with E-state index in [1.165, 1.54) is 22.3 Å². The Morgan fingerprint density at radius 1 is 1.58 bits per heavy atom. The summed E-state index contributed by atoms with van der Waals surface area (Å²) in [6, 6.07) is 3.64. The largest absolute Gasteiger partial charge is 0.382 e. The molecule has 2 aromatic rings. The zero-order valence-corrected chi connectivity index (χ0v) is 10.8. The number of anilines is 2. The second-order valence-corrected chi connectivity index (χ2v) is 5.44. The van der Waals surface area contributed by atoms with Crippen molar-refractivity contribution in [2.75, 3.05) is 11.1 Å². The molecule has 0 radical (unpaired) electrons. The predicted molar refractivity (Wildman–Crippen MR) is 72.0 cm³/mol. The molecule has 96 valence electrons. The van der Waals surface area contributed by atoms with Gasteiger partial charge in [0.05, 0.1) is 5.56 Å². The van der Waals surface area contributed by atoms with Gasteiger partial charge in [-0.05, 0) is 24.8 Å². The van der Waals surface area contributed by atoms with E-state index in [9.17, 15) is 10.1 Å². The van der Waals surface area contributed by atoms with Crippen molar-refractivity contribution in [1.82, 2.24) is 10.2 Å². The van der Waals surface area contributed by atoms with E-state index in [1.807, 2.05) is 0 Å². The fourth-order valence-corrected chi connectivity index (χ4v) is 3.47. The molecule has 7 heteroatoms. The van der Waals surface area contributed by atoms with E-state index < -0.39 is 0 Å². The van der Waals surface area contributed by atoms with E-state index in [0.717, 1.165) is 24.8 Å². The van der Waals surface area contributed by atoms with Crippen LogP contribution < -0.4 is 11.1 Å². The van der Waals surface area contributed by atoms with Crippen LogP contribution in [0.3, 0.4) is 0 Å². The van der Waals surface area contributed by atoms with E-state index >= 15 is 0 Å². The number of nitriles is 1. The van der Waals surface area contributed by atoms with E-state index in [1.54, 1.807) is 0 Å². The van der Waals surface area contributed by atoms with E-state index in [2.05, 4.69) is 21.6 Å². The Morgan fingerprint density at radius 3 is 3.11 bits per heavy atom. The summed E-state index contributed by atoms with van der Waals surface area (Å²) in [6.45, 7) is 0. The van der Waals surface area contributed by atoms with Crippen LogP contribution in [0.4, 0.5) is 10.8 Å². The number of nitrogens with one attached hydrogen (secondary N) is 2. The summed E-state index contributed by atoms with van der Waals surface area (Å²) in [5.41, 5.74) is 7.43. The summed E-state index contributed by atoms with van der Waals surface area (Å²) >= 11 is 1.48. The molecule has 3 rings (SSSR count). The average Bonchev–Trinajstić information content (AvgIpc) is 3.04. The highest BCUT2D eigenvalue weighted by Crippen LogP contribution is 2.38. The highest BCUT2D eigenvalue weighted by molar-refractivity contribution is 7.16. The maximum absolute atomic E-state index is 12.0. The first-order chi connectivity index (χ1) is 9.19. The van der Waals surface area contributed by atoms with E-state index in [-0.39, 0.29) is 17.4 Å². The minimum Gasteiger partial charge on any atom is -0.382 e. The van der Waals surface area contributed by atoms with Gasteiger partial charge in [0, 0.05) is 10.9 Å². The fourth-order valence-electron chi connectivity index (χ4n) is 2.23. The molecule has 0 unspecified atom stereocenters. The van der Waals surface area contributed by atoms with Gasteiger partial charge in [-0.15, -0.1) is 11.3 Å². The summed E-state index contributed by atoms with van der Waals surface area (Å²) in [5.74, 6) is -0.0695. The Bertz CT molecular complexity index is 694. The van der Waals surface area contributed by atoms with Crippen LogP contribution in [0.1, 0.15) is 32.9 Å². The zero-order chi connectivity index (χ0) is 13.4. The lowest BCUT2D eigenvalue weighted by Crippen LogP contribution is -2.12. The minimum absolute atomic E-state index is 0.263. The van der Waals surface area contributed by atoms with Crippen LogP contribution in [0, 0.1) is 11.3 Å². The predicted octanol–water partition coefficient (Wildman–Crippen LogP) is 1.67. The number of thiophene rings is 1. The first kappa shape index (κ1) is 11.7. The SMILES string of the molecule is N#Cc1c(NC(=O)c2cc(N)n[nH]2)sc2c1CCC2. The molecule has 1 aliphatic rings. The Labute approximate surface area is 113 Å². The molecule has 1 aliphatic carbocycles. The van der Waals surface area contributed by atoms with Crippen molar-refractivity contribution in [2.45, 2.75) is 19.3 Å². The van der Waals surface area contributed by atoms with Crippen molar-refractivity contribution in [3.63, 3.8) is 0 Å². The number of aryl methyl sites for hydroxylation is 1. The van der Waals surface area contributed by atoms with Crippen molar-refractivity contribution in [1.29, 1.82) is 5.26 Å². The van der Waals surface area contributed by atoms with Gasteiger partial charge in [-0.25, -0.2) is 0 Å². The van der Waals surface area contributed by atoms with Gasteiger partial charge in [0.15, 0.2) is 0 Å². The first-order valence-corrected chi connectivity index (χ1v) is 6.67. The Kier molecular flexibility index (Phi) is 2.72. The van der Waals surface area contributed by atoms with Gasteiger partial charge in [-0.1, -0.05) is 0 Å². The third-order valence-corrected chi connectivity index (χ3v) is 4.31. The lowest BCUT2D eigenvalue weighted by molar-refractivity contribution is 0.102. The van der Waals surface area contributed by atoms with Gasteiger partial charge in [0.25, 0.3) is 5.91 Å². The van der Waals surface area contributed by atoms with Crippen LogP contribution in [0.5, 0.6) is 0 Å². The lowest BCUT2D eigenvalue weighted by atomic mass is 10.1. The molecule has 0 fully saturated rings. The van der Waals surface area contributed by atoms with Crippen molar-refractivity contribution in [2.24, 2.45) is 0 Å². The van der Waals surface area contributed by atoms with Gasteiger partial charge < -0.3 is 11.1 Å². The van der Waals surface area contributed by atoms with Crippen LogP contribution in [-0.4, -0.2) is 16.1 Å². The Balaban J connectivity index is 1.88. The third-order valence-electron chi connectivity index (χ3n) is 3.10. The Hall–Kier alpha value is -2.33. The fraction of sp³-hybridized carbons (Fsp3) is 0.250. The molecular formula is C12H11N5OS. The summed E-state index contributed by atoms with van der Waals surface area (Å²) in [7, 11) is 0. The van der Waals surface area contributed by atoms with Crippen molar-refractivity contribution in [3.05, 3.63) is 27.8 Å². The van der Waals surface area contributed by atoms with Crippen LogP contribution in [0.2, 0.25) is 0 Å². The summed E-state index contributed by atoms with van der Waals surface area (Å²) in [4.78, 5) is 13.2. The second-order valence-electron chi connectivity index (χ2n) is 4.33. The van der Waals surface area contributed by atoms with Crippen molar-refractivity contribution >= 4 is 28.1 Å². The van der Waals surface area contributed by atoms with Crippen LogP contribution in [0.25, 0.3) is 0 Å². The van der Waals surface area contributed by atoms with Gasteiger partial charge in [0.2, 0.25) is 0 Å². The molecule has 0 aliphatic heterocycles. The number of amides is 1. The summed E-state index contributed by atoms with van der Waals surface area (Å²) in [6.07, 6.45) is 2.99. The third kappa shape index (κ3) is 1.96. The molecule has 0 atom stereocenters. The number of hydrogen-bond acceptors (Lipinski definition) is 5. The minimum atomic E-state index is -0.333. The number of carbonyl (C=O) groups excluding carboxylic acids is 1. The van der Waals surface area contributed by atoms with Crippen LogP contribution >= 0.6 is 11.3 Å². The van der Waals surface area contributed by atoms with Gasteiger partial charge >= 0.3 is 0 Å². The molecule has 4 N–H and O–H groups in total. The number of aromatic nitrogens is 2. The number of H-pyrrole nitrogens is 1. The average molecular weight is 273 g/mol. The topological polar surface area (TPSA) is 108 Å². The van der Waals surface area contributed by atoms with Crippen molar-refractivity contribution < 1.29 is 4.79 Å². The zero-order valence-electron chi connectivity index (χ0n) is 9.99. The molecule has 0 bridgehead atoms. The molecule has 0 saturated carbocycles. The van der Waals surface area contributed by atoms with E-state index in [4.69, 9.17) is 5.73 Å².